The maximum atomic E-state index is 3.70. The highest BCUT2D eigenvalue weighted by atomic mass is 79.9. The molecular weight excluding hydrogens is 296 g/mol. The molecule has 0 bridgehead atoms. The van der Waals surface area contributed by atoms with Crippen molar-refractivity contribution in [3.05, 3.63) is 82.3 Å². The van der Waals surface area contributed by atoms with E-state index in [0.717, 1.165) is 4.47 Å². The van der Waals surface area contributed by atoms with Crippen molar-refractivity contribution in [2.75, 3.05) is 0 Å². The first-order chi connectivity index (χ1) is 9.34. The van der Waals surface area contributed by atoms with Crippen LogP contribution in [0.15, 0.2) is 71.2 Å². The van der Waals surface area contributed by atoms with Gasteiger partial charge in [0.25, 0.3) is 0 Å². The van der Waals surface area contributed by atoms with Gasteiger partial charge in [-0.3, -0.25) is 0 Å². The van der Waals surface area contributed by atoms with Gasteiger partial charge in [-0.05, 0) is 37.8 Å². The molecule has 0 spiro atoms. The highest BCUT2D eigenvalue weighted by molar-refractivity contribution is 9.10. The largest absolute Gasteiger partial charge is 0.0622 e. The minimum Gasteiger partial charge on any atom is -0.0622 e. The molecule has 0 amide bonds. The minimum absolute atomic E-state index is 1.15. The summed E-state index contributed by atoms with van der Waals surface area (Å²) in [4.78, 5) is 0. The van der Waals surface area contributed by atoms with Gasteiger partial charge in [-0.1, -0.05) is 78.9 Å². The zero-order chi connectivity index (χ0) is 13.1. The summed E-state index contributed by atoms with van der Waals surface area (Å²) in [5.74, 6) is 0. The second kappa shape index (κ2) is 5.41. The molecule has 0 atom stereocenters. The lowest BCUT2D eigenvalue weighted by Crippen LogP contribution is -1.79. The maximum absolute atomic E-state index is 3.70. The fourth-order valence-electron chi connectivity index (χ4n) is 2.13. The first-order valence-electron chi connectivity index (χ1n) is 6.25. The van der Waals surface area contributed by atoms with E-state index in [1.54, 1.807) is 0 Å². The molecule has 0 saturated carbocycles. The molecule has 0 nitrogen and oxygen atoms in total. The first kappa shape index (κ1) is 12.2. The molecule has 0 aliphatic heterocycles. The summed E-state index contributed by atoms with van der Waals surface area (Å²) in [5.41, 5.74) is 2.41. The second-order valence-corrected chi connectivity index (χ2v) is 5.23. The lowest BCUT2D eigenvalue weighted by molar-refractivity contribution is 1.64. The summed E-state index contributed by atoms with van der Waals surface area (Å²) in [7, 11) is 0. The highest BCUT2D eigenvalue weighted by Gasteiger charge is 2.01. The van der Waals surface area contributed by atoms with Crippen molar-refractivity contribution < 1.29 is 0 Å². The minimum atomic E-state index is 1.15. The fraction of sp³-hybridized carbons (Fsp3) is 0. The van der Waals surface area contributed by atoms with Crippen LogP contribution in [0.3, 0.4) is 0 Å². The number of fused-ring (bicyclic) bond motifs is 1. The Morgan fingerprint density at radius 3 is 2.26 bits per heavy atom. The average molecular weight is 309 g/mol. The predicted octanol–water partition coefficient (Wildman–Crippen LogP) is 5.77. The Labute approximate surface area is 121 Å². The molecule has 0 aliphatic carbocycles. The van der Waals surface area contributed by atoms with E-state index < -0.39 is 0 Å². The van der Waals surface area contributed by atoms with Crippen molar-refractivity contribution in [3.63, 3.8) is 0 Å². The van der Waals surface area contributed by atoms with Gasteiger partial charge in [-0.15, -0.1) is 0 Å². The summed E-state index contributed by atoms with van der Waals surface area (Å²) in [6.45, 7) is 0. The van der Waals surface area contributed by atoms with Crippen LogP contribution in [0.25, 0.3) is 22.9 Å². The van der Waals surface area contributed by atoms with Gasteiger partial charge in [0.2, 0.25) is 0 Å². The van der Waals surface area contributed by atoms with Gasteiger partial charge in [-0.2, -0.15) is 0 Å². The first-order valence-corrected chi connectivity index (χ1v) is 7.04. The molecule has 0 unspecified atom stereocenters. The summed E-state index contributed by atoms with van der Waals surface area (Å²) in [6, 6.07) is 23.0. The molecule has 3 rings (SSSR count). The summed E-state index contributed by atoms with van der Waals surface area (Å²) in [6.07, 6.45) is 4.28. The molecule has 0 fully saturated rings. The number of hydrogen-bond donors (Lipinski definition) is 0. The van der Waals surface area contributed by atoms with Crippen molar-refractivity contribution in [3.8, 4) is 0 Å². The normalized spacial score (nSPS) is 11.2. The van der Waals surface area contributed by atoms with E-state index in [9.17, 15) is 0 Å². The maximum Gasteiger partial charge on any atom is 0.0326 e. The molecule has 92 valence electrons. The molecular formula is C18H13Br. The van der Waals surface area contributed by atoms with Gasteiger partial charge in [0.15, 0.2) is 0 Å². The molecule has 0 aromatic heterocycles. The van der Waals surface area contributed by atoms with Gasteiger partial charge in [0, 0.05) is 4.47 Å². The lowest BCUT2D eigenvalue weighted by Gasteiger charge is -2.04. The molecule has 0 N–H and O–H groups in total. The fourth-order valence-corrected chi connectivity index (χ4v) is 2.75. The zero-order valence-corrected chi connectivity index (χ0v) is 12.0. The Hall–Kier alpha value is -1.86. The van der Waals surface area contributed by atoms with Gasteiger partial charge >= 0.3 is 0 Å². The Kier molecular flexibility index (Phi) is 3.47. The Morgan fingerprint density at radius 1 is 0.684 bits per heavy atom. The Morgan fingerprint density at radius 2 is 1.42 bits per heavy atom. The van der Waals surface area contributed by atoms with E-state index >= 15 is 0 Å². The van der Waals surface area contributed by atoms with E-state index in [2.05, 4.69) is 88.7 Å². The highest BCUT2D eigenvalue weighted by Crippen LogP contribution is 2.28. The van der Waals surface area contributed by atoms with E-state index in [0.29, 0.717) is 0 Å². The third-order valence-corrected chi connectivity index (χ3v) is 4.03. The second-order valence-electron chi connectivity index (χ2n) is 4.43. The predicted molar refractivity (Wildman–Crippen MR) is 87.0 cm³/mol. The van der Waals surface area contributed by atoms with Crippen molar-refractivity contribution >= 4 is 38.9 Å². The quantitative estimate of drug-likeness (QED) is 0.527. The molecule has 19 heavy (non-hydrogen) atoms. The smallest absolute Gasteiger partial charge is 0.0326 e. The number of halogens is 1. The van der Waals surface area contributed by atoms with Crippen LogP contribution in [-0.4, -0.2) is 0 Å². The van der Waals surface area contributed by atoms with Crippen molar-refractivity contribution in [1.82, 2.24) is 0 Å². The number of hydrogen-bond acceptors (Lipinski definition) is 0. The average Bonchev–Trinajstić information content (AvgIpc) is 2.48. The van der Waals surface area contributed by atoms with E-state index in [1.165, 1.54) is 21.9 Å². The van der Waals surface area contributed by atoms with Crippen LogP contribution in [0.1, 0.15) is 11.1 Å². The third kappa shape index (κ3) is 2.61. The summed E-state index contributed by atoms with van der Waals surface area (Å²) >= 11 is 3.70. The lowest BCUT2D eigenvalue weighted by atomic mass is 10.1. The van der Waals surface area contributed by atoms with Crippen molar-refractivity contribution in [2.45, 2.75) is 0 Å². The van der Waals surface area contributed by atoms with E-state index in [4.69, 9.17) is 0 Å². The topological polar surface area (TPSA) is 0 Å². The van der Waals surface area contributed by atoms with Gasteiger partial charge < -0.3 is 0 Å². The number of benzene rings is 3. The van der Waals surface area contributed by atoms with E-state index in [1.807, 2.05) is 6.07 Å². The zero-order valence-electron chi connectivity index (χ0n) is 10.4. The van der Waals surface area contributed by atoms with Crippen LogP contribution < -0.4 is 0 Å². The third-order valence-electron chi connectivity index (χ3n) is 3.15. The van der Waals surface area contributed by atoms with Crippen LogP contribution in [0.5, 0.6) is 0 Å². The molecule has 3 aromatic carbocycles. The monoisotopic (exact) mass is 308 g/mol. The summed E-state index contributed by atoms with van der Waals surface area (Å²) < 4.78 is 1.15. The van der Waals surface area contributed by atoms with Gasteiger partial charge in [0.1, 0.15) is 0 Å². The van der Waals surface area contributed by atoms with Crippen LogP contribution >= 0.6 is 15.9 Å². The molecule has 1 heteroatoms. The molecule has 0 saturated heterocycles. The van der Waals surface area contributed by atoms with E-state index in [-0.39, 0.29) is 0 Å². The van der Waals surface area contributed by atoms with Crippen LogP contribution in [0.4, 0.5) is 0 Å². The molecule has 0 heterocycles. The SMILES string of the molecule is Brc1c(C=Cc2ccccc2)ccc2ccccc12. The van der Waals surface area contributed by atoms with Crippen molar-refractivity contribution in [1.29, 1.82) is 0 Å². The Balaban J connectivity index is 2.02. The summed E-state index contributed by atoms with van der Waals surface area (Å²) in [5, 5.41) is 2.50. The van der Waals surface area contributed by atoms with Crippen LogP contribution in [0.2, 0.25) is 0 Å². The Bertz CT molecular complexity index is 727. The number of rotatable bonds is 2. The van der Waals surface area contributed by atoms with Crippen LogP contribution in [0, 0.1) is 0 Å². The van der Waals surface area contributed by atoms with Gasteiger partial charge in [0.05, 0.1) is 0 Å². The standard InChI is InChI=1S/C18H13Br/c19-18-16(11-10-14-6-2-1-3-7-14)13-12-15-8-4-5-9-17(15)18/h1-13H. The molecule has 0 radical (unpaired) electrons. The van der Waals surface area contributed by atoms with Gasteiger partial charge in [-0.25, -0.2) is 0 Å². The van der Waals surface area contributed by atoms with Crippen molar-refractivity contribution in [2.24, 2.45) is 0 Å². The molecule has 3 aromatic rings. The van der Waals surface area contributed by atoms with Crippen LogP contribution in [-0.2, 0) is 0 Å². The molecule has 0 aliphatic rings.